The molecule has 3 heteroatoms. The van der Waals surface area contributed by atoms with Crippen LogP contribution in [-0.4, -0.2) is 12.4 Å². The number of hydrogen-bond donors (Lipinski definition) is 1. The van der Waals surface area contributed by atoms with Crippen LogP contribution in [0.25, 0.3) is 25.9 Å². The number of hydrogen-bond acceptors (Lipinski definition) is 3. The number of thiophene rings is 1. The monoisotopic (exact) mass is 340 g/mol. The van der Waals surface area contributed by atoms with Gasteiger partial charge in [0, 0.05) is 31.4 Å². The fraction of sp³-hybridized carbons (Fsp3) is 0.0455. The normalized spacial score (nSPS) is 14.2. The Hall–Kier alpha value is -2.91. The van der Waals surface area contributed by atoms with Crippen molar-refractivity contribution < 1.29 is 0 Å². The lowest BCUT2D eigenvalue weighted by Crippen LogP contribution is -2.20. The van der Waals surface area contributed by atoms with Gasteiger partial charge in [0.05, 0.1) is 5.71 Å². The lowest BCUT2D eigenvalue weighted by molar-refractivity contribution is 0.894. The standard InChI is InChI=1S/C22H16N2S/c1-2-7-15(8-3-1)19-13-20(24-14-23-19)18-11-6-10-17-16-9-4-5-12-21(16)25-22(17)18/h1-13,23H,14H2. The zero-order valence-electron chi connectivity index (χ0n) is 13.6. The molecule has 2 heterocycles. The van der Waals surface area contributed by atoms with Crippen LogP contribution in [0.4, 0.5) is 0 Å². The molecular formula is C22H16N2S. The first-order valence-corrected chi connectivity index (χ1v) is 9.18. The maximum absolute atomic E-state index is 4.73. The Bertz CT molecular complexity index is 1140. The molecule has 1 N–H and O–H groups in total. The van der Waals surface area contributed by atoms with Crippen LogP contribution in [0.3, 0.4) is 0 Å². The molecule has 1 aromatic heterocycles. The van der Waals surface area contributed by atoms with Gasteiger partial charge < -0.3 is 5.32 Å². The minimum absolute atomic E-state index is 0.608. The summed E-state index contributed by atoms with van der Waals surface area (Å²) in [6, 6.07) is 25.6. The molecule has 0 radical (unpaired) electrons. The number of aliphatic imine (C=N–C) groups is 1. The van der Waals surface area contributed by atoms with Crippen molar-refractivity contribution in [2.45, 2.75) is 0 Å². The summed E-state index contributed by atoms with van der Waals surface area (Å²) in [7, 11) is 0. The third kappa shape index (κ3) is 2.44. The van der Waals surface area contributed by atoms with Gasteiger partial charge in [-0.3, -0.25) is 4.99 Å². The van der Waals surface area contributed by atoms with Gasteiger partial charge in [0.2, 0.25) is 0 Å². The molecule has 120 valence electrons. The van der Waals surface area contributed by atoms with Crippen molar-refractivity contribution in [3.05, 3.63) is 90.0 Å². The lowest BCUT2D eigenvalue weighted by Gasteiger charge is -2.16. The third-order valence-electron chi connectivity index (χ3n) is 4.56. The van der Waals surface area contributed by atoms with Gasteiger partial charge in [0.25, 0.3) is 0 Å². The number of nitrogens with one attached hydrogen (secondary N) is 1. The van der Waals surface area contributed by atoms with Gasteiger partial charge in [0.15, 0.2) is 0 Å². The molecule has 0 saturated heterocycles. The van der Waals surface area contributed by atoms with Crippen molar-refractivity contribution in [1.29, 1.82) is 0 Å². The fourth-order valence-electron chi connectivity index (χ4n) is 3.36. The molecule has 1 aliphatic rings. The van der Waals surface area contributed by atoms with Crippen LogP contribution >= 0.6 is 11.3 Å². The predicted molar refractivity (Wildman–Crippen MR) is 108 cm³/mol. The SMILES string of the molecule is C1=C(c2ccccc2)NCN=C1c1cccc2c1sc1ccccc12. The number of rotatable bonds is 2. The van der Waals surface area contributed by atoms with E-state index >= 15 is 0 Å². The molecule has 4 aromatic rings. The van der Waals surface area contributed by atoms with Crippen LogP contribution < -0.4 is 5.32 Å². The van der Waals surface area contributed by atoms with E-state index in [0.717, 1.165) is 11.4 Å². The Kier molecular flexibility index (Phi) is 3.39. The first kappa shape index (κ1) is 14.4. The first-order valence-electron chi connectivity index (χ1n) is 8.36. The summed E-state index contributed by atoms with van der Waals surface area (Å²) in [4.78, 5) is 4.73. The van der Waals surface area contributed by atoms with Gasteiger partial charge in [-0.05, 0) is 17.7 Å². The van der Waals surface area contributed by atoms with Gasteiger partial charge >= 0.3 is 0 Å². The maximum Gasteiger partial charge on any atom is 0.108 e. The van der Waals surface area contributed by atoms with E-state index in [2.05, 4.69) is 78.1 Å². The van der Waals surface area contributed by atoms with E-state index in [1.165, 1.54) is 31.3 Å². The molecule has 3 aromatic carbocycles. The second-order valence-electron chi connectivity index (χ2n) is 6.08. The van der Waals surface area contributed by atoms with Crippen molar-refractivity contribution in [3.8, 4) is 0 Å². The minimum Gasteiger partial charge on any atom is -0.366 e. The number of fused-ring (bicyclic) bond motifs is 3. The van der Waals surface area contributed by atoms with Gasteiger partial charge in [-0.25, -0.2) is 0 Å². The van der Waals surface area contributed by atoms with Gasteiger partial charge in [-0.1, -0.05) is 66.7 Å². The van der Waals surface area contributed by atoms with E-state index in [1.54, 1.807) is 0 Å². The summed E-state index contributed by atoms with van der Waals surface area (Å²) in [6.07, 6.45) is 2.16. The van der Waals surface area contributed by atoms with E-state index in [9.17, 15) is 0 Å². The molecule has 0 atom stereocenters. The minimum atomic E-state index is 0.608. The number of nitrogens with zero attached hydrogens (tertiary/aromatic N) is 1. The molecular weight excluding hydrogens is 324 g/mol. The van der Waals surface area contributed by atoms with Crippen molar-refractivity contribution >= 4 is 42.9 Å². The molecule has 0 bridgehead atoms. The number of benzene rings is 3. The first-order chi connectivity index (χ1) is 12.4. The molecule has 0 unspecified atom stereocenters. The summed E-state index contributed by atoms with van der Waals surface area (Å²) >= 11 is 1.85. The highest BCUT2D eigenvalue weighted by molar-refractivity contribution is 7.26. The van der Waals surface area contributed by atoms with E-state index in [1.807, 2.05) is 17.4 Å². The summed E-state index contributed by atoms with van der Waals surface area (Å²) in [5, 5.41) is 6.03. The largest absolute Gasteiger partial charge is 0.366 e. The highest BCUT2D eigenvalue weighted by Gasteiger charge is 2.14. The van der Waals surface area contributed by atoms with Gasteiger partial charge in [-0.2, -0.15) is 0 Å². The van der Waals surface area contributed by atoms with E-state index in [-0.39, 0.29) is 0 Å². The quantitative estimate of drug-likeness (QED) is 0.516. The molecule has 0 spiro atoms. The van der Waals surface area contributed by atoms with Crippen LogP contribution in [0.2, 0.25) is 0 Å². The van der Waals surface area contributed by atoms with E-state index < -0.39 is 0 Å². The van der Waals surface area contributed by atoms with Gasteiger partial charge in [0.1, 0.15) is 6.67 Å². The van der Waals surface area contributed by atoms with Crippen molar-refractivity contribution in [1.82, 2.24) is 5.32 Å². The molecule has 1 aliphatic heterocycles. The molecule has 25 heavy (non-hydrogen) atoms. The van der Waals surface area contributed by atoms with Crippen LogP contribution in [0.1, 0.15) is 11.1 Å². The molecule has 0 saturated carbocycles. The smallest absolute Gasteiger partial charge is 0.108 e. The fourth-order valence-corrected chi connectivity index (χ4v) is 4.58. The average Bonchev–Trinajstić information content (AvgIpc) is 3.07. The highest BCUT2D eigenvalue weighted by atomic mass is 32.1. The van der Waals surface area contributed by atoms with E-state index in [4.69, 9.17) is 4.99 Å². The number of allylic oxidation sites excluding steroid dienone is 1. The van der Waals surface area contributed by atoms with E-state index in [0.29, 0.717) is 6.67 Å². The molecule has 2 nitrogen and oxygen atoms in total. The second kappa shape index (κ2) is 5.87. The molecule has 0 aliphatic carbocycles. The maximum atomic E-state index is 4.73. The van der Waals surface area contributed by atoms with Crippen LogP contribution in [-0.2, 0) is 0 Å². The lowest BCUT2D eigenvalue weighted by atomic mass is 10.0. The Labute approximate surface area is 150 Å². The Balaban J connectivity index is 1.68. The van der Waals surface area contributed by atoms with Crippen LogP contribution in [0.5, 0.6) is 0 Å². The summed E-state index contributed by atoms with van der Waals surface area (Å²) in [6.45, 7) is 0.608. The Morgan fingerprint density at radius 3 is 2.52 bits per heavy atom. The molecule has 0 fully saturated rings. The summed E-state index contributed by atoms with van der Waals surface area (Å²) in [5.41, 5.74) is 4.59. The van der Waals surface area contributed by atoms with Crippen LogP contribution in [0.15, 0.2) is 83.9 Å². The second-order valence-corrected chi connectivity index (χ2v) is 7.13. The third-order valence-corrected chi connectivity index (χ3v) is 5.78. The molecule has 5 rings (SSSR count). The topological polar surface area (TPSA) is 24.4 Å². The van der Waals surface area contributed by atoms with Crippen LogP contribution in [0, 0.1) is 0 Å². The summed E-state index contributed by atoms with van der Waals surface area (Å²) < 4.78 is 2.64. The van der Waals surface area contributed by atoms with Crippen molar-refractivity contribution in [2.75, 3.05) is 6.67 Å². The average molecular weight is 340 g/mol. The van der Waals surface area contributed by atoms with Crippen molar-refractivity contribution in [2.24, 2.45) is 4.99 Å². The van der Waals surface area contributed by atoms with Gasteiger partial charge in [-0.15, -0.1) is 11.3 Å². The predicted octanol–water partition coefficient (Wildman–Crippen LogP) is 5.45. The highest BCUT2D eigenvalue weighted by Crippen LogP contribution is 2.36. The zero-order chi connectivity index (χ0) is 16.6. The zero-order valence-corrected chi connectivity index (χ0v) is 14.4. The Morgan fingerprint density at radius 1 is 0.800 bits per heavy atom. The molecule has 0 amide bonds. The Morgan fingerprint density at radius 2 is 1.60 bits per heavy atom. The summed E-state index contributed by atoms with van der Waals surface area (Å²) in [5.74, 6) is 0. The van der Waals surface area contributed by atoms with Crippen molar-refractivity contribution in [3.63, 3.8) is 0 Å².